The van der Waals surface area contributed by atoms with Crippen LogP contribution in [0.1, 0.15) is 10.4 Å². The Morgan fingerprint density at radius 1 is 1.38 bits per heavy atom. The second kappa shape index (κ2) is 5.07. The second-order valence-corrected chi connectivity index (χ2v) is 6.07. The molecule has 1 N–H and O–H groups in total. The van der Waals surface area contributed by atoms with Crippen LogP contribution >= 0.6 is 43.2 Å². The van der Waals surface area contributed by atoms with Gasteiger partial charge >= 0.3 is 0 Å². The van der Waals surface area contributed by atoms with E-state index < -0.39 is 0 Å². The highest BCUT2D eigenvalue weighted by Crippen LogP contribution is 2.21. The summed E-state index contributed by atoms with van der Waals surface area (Å²) in [7, 11) is 0. The van der Waals surface area contributed by atoms with Crippen molar-refractivity contribution in [2.24, 2.45) is 0 Å². The molecule has 0 bridgehead atoms. The van der Waals surface area contributed by atoms with Crippen LogP contribution in [-0.2, 0) is 0 Å². The van der Waals surface area contributed by atoms with Crippen LogP contribution in [0.15, 0.2) is 38.2 Å². The van der Waals surface area contributed by atoms with Gasteiger partial charge in [-0.05, 0) is 50.1 Å². The van der Waals surface area contributed by atoms with E-state index in [-0.39, 0.29) is 5.91 Å². The van der Waals surface area contributed by atoms with E-state index in [1.165, 1.54) is 11.3 Å². The van der Waals surface area contributed by atoms with Crippen LogP contribution < -0.4 is 5.32 Å². The lowest BCUT2D eigenvalue weighted by molar-refractivity contribution is 0.102. The van der Waals surface area contributed by atoms with Crippen molar-refractivity contribution in [2.75, 3.05) is 5.32 Å². The number of amides is 1. The molecule has 0 saturated heterocycles. The van der Waals surface area contributed by atoms with Gasteiger partial charge in [0.1, 0.15) is 4.60 Å². The molecule has 1 amide bonds. The van der Waals surface area contributed by atoms with Gasteiger partial charge in [0, 0.05) is 5.38 Å². The number of anilines is 1. The molecular weight excluding hydrogens is 356 g/mol. The third-order valence-electron chi connectivity index (χ3n) is 1.81. The van der Waals surface area contributed by atoms with Gasteiger partial charge in [-0.1, -0.05) is 0 Å². The standard InChI is InChI=1S/C10H6Br2N2OS/c11-8-2-1-7(4-13-8)14-10(15)6-3-9(12)16-5-6/h1-5H,(H,14,15). The number of carbonyl (C=O) groups is 1. The van der Waals surface area contributed by atoms with Crippen LogP contribution in [0.2, 0.25) is 0 Å². The molecule has 0 atom stereocenters. The zero-order chi connectivity index (χ0) is 11.5. The third kappa shape index (κ3) is 2.90. The van der Waals surface area contributed by atoms with Gasteiger partial charge in [-0.3, -0.25) is 4.79 Å². The highest BCUT2D eigenvalue weighted by Gasteiger charge is 2.08. The van der Waals surface area contributed by atoms with E-state index in [4.69, 9.17) is 0 Å². The van der Waals surface area contributed by atoms with Gasteiger partial charge in [-0.15, -0.1) is 11.3 Å². The fraction of sp³-hybridized carbons (Fsp3) is 0. The molecule has 16 heavy (non-hydrogen) atoms. The Kier molecular flexibility index (Phi) is 3.73. The summed E-state index contributed by atoms with van der Waals surface area (Å²) in [6.45, 7) is 0. The number of pyridine rings is 1. The minimum atomic E-state index is -0.133. The Hall–Kier alpha value is -0.720. The summed E-state index contributed by atoms with van der Waals surface area (Å²) in [5.41, 5.74) is 1.32. The van der Waals surface area contributed by atoms with Gasteiger partial charge in [0.25, 0.3) is 5.91 Å². The van der Waals surface area contributed by atoms with Gasteiger partial charge in [0.05, 0.1) is 21.2 Å². The molecule has 82 valence electrons. The van der Waals surface area contributed by atoms with E-state index in [1.807, 2.05) is 0 Å². The largest absolute Gasteiger partial charge is 0.321 e. The van der Waals surface area contributed by atoms with E-state index in [1.54, 1.807) is 29.8 Å². The van der Waals surface area contributed by atoms with Crippen molar-refractivity contribution in [1.82, 2.24) is 4.98 Å². The number of hydrogen-bond donors (Lipinski definition) is 1. The summed E-state index contributed by atoms with van der Waals surface area (Å²) in [6, 6.07) is 5.35. The molecule has 6 heteroatoms. The van der Waals surface area contributed by atoms with Crippen LogP contribution in [-0.4, -0.2) is 10.9 Å². The first kappa shape index (κ1) is 11.8. The molecule has 0 fully saturated rings. The van der Waals surface area contributed by atoms with E-state index in [0.717, 1.165) is 8.39 Å². The van der Waals surface area contributed by atoms with Crippen LogP contribution in [0, 0.1) is 0 Å². The van der Waals surface area contributed by atoms with Crippen molar-refractivity contribution in [1.29, 1.82) is 0 Å². The number of halogens is 2. The number of thiophene rings is 1. The van der Waals surface area contributed by atoms with Crippen molar-refractivity contribution < 1.29 is 4.79 Å². The van der Waals surface area contributed by atoms with Crippen LogP contribution in [0.3, 0.4) is 0 Å². The summed E-state index contributed by atoms with van der Waals surface area (Å²) in [5.74, 6) is -0.133. The Labute approximate surface area is 113 Å². The van der Waals surface area contributed by atoms with Crippen LogP contribution in [0.25, 0.3) is 0 Å². The zero-order valence-electron chi connectivity index (χ0n) is 7.91. The fourth-order valence-corrected chi connectivity index (χ4v) is 2.45. The summed E-state index contributed by atoms with van der Waals surface area (Å²) in [5, 5.41) is 4.56. The quantitative estimate of drug-likeness (QED) is 0.823. The predicted octanol–water partition coefficient (Wildman–Crippen LogP) is 3.92. The number of nitrogens with zero attached hydrogens (tertiary/aromatic N) is 1. The topological polar surface area (TPSA) is 42.0 Å². The Bertz CT molecular complexity index is 510. The van der Waals surface area contributed by atoms with E-state index in [2.05, 4.69) is 42.2 Å². The third-order valence-corrected chi connectivity index (χ3v) is 3.79. The fourth-order valence-electron chi connectivity index (χ4n) is 1.08. The predicted molar refractivity (Wildman–Crippen MR) is 71.9 cm³/mol. The Balaban J connectivity index is 2.10. The van der Waals surface area contributed by atoms with Gasteiger partial charge in [-0.2, -0.15) is 0 Å². The van der Waals surface area contributed by atoms with E-state index in [0.29, 0.717) is 11.3 Å². The molecular formula is C10H6Br2N2OS. The van der Waals surface area contributed by atoms with Gasteiger partial charge in [-0.25, -0.2) is 4.98 Å². The first-order valence-corrected chi connectivity index (χ1v) is 6.78. The summed E-state index contributed by atoms with van der Waals surface area (Å²) >= 11 is 8.03. The summed E-state index contributed by atoms with van der Waals surface area (Å²) in [4.78, 5) is 15.8. The monoisotopic (exact) mass is 360 g/mol. The highest BCUT2D eigenvalue weighted by molar-refractivity contribution is 9.11. The van der Waals surface area contributed by atoms with Crippen molar-refractivity contribution in [3.63, 3.8) is 0 Å². The van der Waals surface area contributed by atoms with Gasteiger partial charge in [0.15, 0.2) is 0 Å². The SMILES string of the molecule is O=C(Nc1ccc(Br)nc1)c1csc(Br)c1. The van der Waals surface area contributed by atoms with Crippen molar-refractivity contribution in [3.05, 3.63) is 43.7 Å². The molecule has 0 aliphatic carbocycles. The van der Waals surface area contributed by atoms with E-state index >= 15 is 0 Å². The van der Waals surface area contributed by atoms with Crippen LogP contribution in [0.5, 0.6) is 0 Å². The molecule has 3 nitrogen and oxygen atoms in total. The number of nitrogens with one attached hydrogen (secondary N) is 1. The maximum absolute atomic E-state index is 11.7. The van der Waals surface area contributed by atoms with Gasteiger partial charge < -0.3 is 5.32 Å². The average molecular weight is 362 g/mol. The molecule has 0 aliphatic heterocycles. The molecule has 2 aromatic heterocycles. The minimum Gasteiger partial charge on any atom is -0.321 e. The molecule has 0 spiro atoms. The zero-order valence-corrected chi connectivity index (χ0v) is 11.9. The first-order chi connectivity index (χ1) is 7.65. The number of hydrogen-bond acceptors (Lipinski definition) is 3. The second-order valence-electron chi connectivity index (χ2n) is 2.96. The van der Waals surface area contributed by atoms with Crippen molar-refractivity contribution in [3.8, 4) is 0 Å². The Morgan fingerprint density at radius 2 is 2.19 bits per heavy atom. The number of carbonyl (C=O) groups excluding carboxylic acids is 1. The molecule has 2 aromatic rings. The number of aromatic nitrogens is 1. The van der Waals surface area contributed by atoms with Gasteiger partial charge in [0.2, 0.25) is 0 Å². The summed E-state index contributed by atoms with van der Waals surface area (Å²) in [6.07, 6.45) is 1.60. The van der Waals surface area contributed by atoms with Crippen molar-refractivity contribution >= 4 is 54.8 Å². The lowest BCUT2D eigenvalue weighted by Gasteiger charge is -2.02. The number of rotatable bonds is 2. The maximum atomic E-state index is 11.7. The highest BCUT2D eigenvalue weighted by atomic mass is 79.9. The molecule has 2 rings (SSSR count). The summed E-state index contributed by atoms with van der Waals surface area (Å²) < 4.78 is 1.68. The molecule has 0 radical (unpaired) electrons. The van der Waals surface area contributed by atoms with E-state index in [9.17, 15) is 4.79 Å². The van der Waals surface area contributed by atoms with Crippen LogP contribution in [0.4, 0.5) is 5.69 Å². The molecule has 0 aromatic carbocycles. The average Bonchev–Trinajstić information content (AvgIpc) is 2.68. The lowest BCUT2D eigenvalue weighted by atomic mass is 10.3. The molecule has 0 saturated carbocycles. The minimum absolute atomic E-state index is 0.133. The molecule has 2 heterocycles. The van der Waals surface area contributed by atoms with Crippen molar-refractivity contribution in [2.45, 2.75) is 0 Å². The Morgan fingerprint density at radius 3 is 2.75 bits per heavy atom. The molecule has 0 unspecified atom stereocenters. The molecule has 0 aliphatic rings. The smallest absolute Gasteiger partial charge is 0.256 e. The normalized spacial score (nSPS) is 10.1. The lowest BCUT2D eigenvalue weighted by Crippen LogP contribution is -2.10. The first-order valence-electron chi connectivity index (χ1n) is 4.32. The maximum Gasteiger partial charge on any atom is 0.256 e.